The van der Waals surface area contributed by atoms with Crippen LogP contribution in [0.1, 0.15) is 24.2 Å². The first-order valence-electron chi connectivity index (χ1n) is 8.94. The van der Waals surface area contributed by atoms with Crippen LogP contribution in [0.5, 0.6) is 0 Å². The molecule has 1 saturated heterocycles. The van der Waals surface area contributed by atoms with Crippen LogP contribution in [-0.2, 0) is 22.5 Å². The minimum Gasteiger partial charge on any atom is -0.377 e. The molecule has 1 aliphatic heterocycles. The standard InChI is InChI=1S/C19H24N4O3/c1-15-17(21-9-8-20-15)6-5-16-14-26-13-12-23(16)19(25)7-11-22-10-3-2-4-18(22)24/h2-4,8-10,16H,5-7,11-14H2,1H3. The molecule has 1 aliphatic rings. The van der Waals surface area contributed by atoms with E-state index in [9.17, 15) is 9.59 Å². The van der Waals surface area contributed by atoms with Gasteiger partial charge in [-0.3, -0.25) is 19.6 Å². The van der Waals surface area contributed by atoms with Crippen molar-refractivity contribution in [2.75, 3.05) is 19.8 Å². The zero-order chi connectivity index (χ0) is 18.4. The third-order valence-electron chi connectivity index (χ3n) is 4.71. The quantitative estimate of drug-likeness (QED) is 0.777. The number of aromatic nitrogens is 3. The molecule has 0 bridgehead atoms. The highest BCUT2D eigenvalue weighted by Gasteiger charge is 2.27. The first-order valence-corrected chi connectivity index (χ1v) is 8.94. The predicted molar refractivity (Wildman–Crippen MR) is 96.7 cm³/mol. The fourth-order valence-corrected chi connectivity index (χ4v) is 3.21. The molecule has 7 nitrogen and oxygen atoms in total. The molecule has 2 aromatic heterocycles. The number of aryl methyl sites for hydroxylation is 3. The summed E-state index contributed by atoms with van der Waals surface area (Å²) in [5.74, 6) is 0.0601. The highest BCUT2D eigenvalue weighted by Crippen LogP contribution is 2.15. The summed E-state index contributed by atoms with van der Waals surface area (Å²) in [5, 5.41) is 0. The molecule has 3 heterocycles. The van der Waals surface area contributed by atoms with Crippen LogP contribution in [0.3, 0.4) is 0 Å². The second-order valence-electron chi connectivity index (χ2n) is 6.43. The Hall–Kier alpha value is -2.54. The van der Waals surface area contributed by atoms with E-state index >= 15 is 0 Å². The number of pyridine rings is 1. The van der Waals surface area contributed by atoms with Crippen LogP contribution in [-0.4, -0.2) is 51.1 Å². The maximum atomic E-state index is 12.7. The monoisotopic (exact) mass is 356 g/mol. The Bertz CT molecular complexity index is 805. The van der Waals surface area contributed by atoms with Crippen LogP contribution in [0, 0.1) is 6.92 Å². The molecule has 1 amide bonds. The summed E-state index contributed by atoms with van der Waals surface area (Å²) in [6.07, 6.45) is 6.95. The molecule has 1 unspecified atom stereocenters. The number of nitrogens with zero attached hydrogens (tertiary/aromatic N) is 4. The Labute approximate surface area is 152 Å². The van der Waals surface area contributed by atoms with Crippen LogP contribution in [0.2, 0.25) is 0 Å². The first kappa shape index (κ1) is 18.3. The minimum absolute atomic E-state index is 0.0325. The largest absolute Gasteiger partial charge is 0.377 e. The lowest BCUT2D eigenvalue weighted by Crippen LogP contribution is -2.49. The van der Waals surface area contributed by atoms with Crippen molar-refractivity contribution in [3.05, 3.63) is 58.5 Å². The molecule has 7 heteroatoms. The van der Waals surface area contributed by atoms with Crippen LogP contribution in [0.15, 0.2) is 41.6 Å². The SMILES string of the molecule is Cc1nccnc1CCC1COCCN1C(=O)CCn1ccccc1=O. The smallest absolute Gasteiger partial charge is 0.250 e. The van der Waals surface area contributed by atoms with Crippen LogP contribution in [0.4, 0.5) is 0 Å². The third-order valence-corrected chi connectivity index (χ3v) is 4.71. The van der Waals surface area contributed by atoms with Gasteiger partial charge in [0.1, 0.15) is 0 Å². The van der Waals surface area contributed by atoms with Crippen molar-refractivity contribution in [3.63, 3.8) is 0 Å². The predicted octanol–water partition coefficient (Wildman–Crippen LogP) is 1.20. The molecule has 26 heavy (non-hydrogen) atoms. The normalized spacial score (nSPS) is 17.3. The Balaban J connectivity index is 1.59. The number of morpholine rings is 1. The van der Waals surface area contributed by atoms with E-state index in [4.69, 9.17) is 4.74 Å². The van der Waals surface area contributed by atoms with Gasteiger partial charge in [-0.2, -0.15) is 0 Å². The fraction of sp³-hybridized carbons (Fsp3) is 0.474. The molecular weight excluding hydrogens is 332 g/mol. The number of ether oxygens (including phenoxy) is 1. The second kappa shape index (κ2) is 8.71. The summed E-state index contributed by atoms with van der Waals surface area (Å²) in [6, 6.07) is 5.04. The topological polar surface area (TPSA) is 77.3 Å². The number of rotatable bonds is 6. The molecule has 138 valence electrons. The summed E-state index contributed by atoms with van der Waals surface area (Å²) in [6.45, 7) is 4.02. The summed E-state index contributed by atoms with van der Waals surface area (Å²) in [7, 11) is 0. The fourth-order valence-electron chi connectivity index (χ4n) is 3.21. The Morgan fingerprint density at radius 3 is 2.96 bits per heavy atom. The first-order chi connectivity index (χ1) is 12.6. The van der Waals surface area contributed by atoms with Crippen molar-refractivity contribution >= 4 is 5.91 Å². The zero-order valence-corrected chi connectivity index (χ0v) is 15.0. The van der Waals surface area contributed by atoms with Gasteiger partial charge in [-0.05, 0) is 25.8 Å². The van der Waals surface area contributed by atoms with E-state index in [1.165, 1.54) is 6.07 Å². The van der Waals surface area contributed by atoms with Gasteiger partial charge in [-0.15, -0.1) is 0 Å². The van der Waals surface area contributed by atoms with Crippen molar-refractivity contribution in [2.24, 2.45) is 0 Å². The Morgan fingerprint density at radius 2 is 2.15 bits per heavy atom. The molecule has 1 fully saturated rings. The zero-order valence-electron chi connectivity index (χ0n) is 15.0. The molecule has 1 atom stereocenters. The molecule has 3 rings (SSSR count). The number of carbonyl (C=O) groups excluding carboxylic acids is 1. The van der Waals surface area contributed by atoms with Gasteiger partial charge in [0, 0.05) is 44.2 Å². The molecule has 0 aromatic carbocycles. The second-order valence-corrected chi connectivity index (χ2v) is 6.43. The van der Waals surface area contributed by atoms with Gasteiger partial charge in [-0.25, -0.2) is 0 Å². The Kier molecular flexibility index (Phi) is 6.12. The molecule has 0 spiro atoms. The number of hydrogen-bond donors (Lipinski definition) is 0. The van der Waals surface area contributed by atoms with Gasteiger partial charge >= 0.3 is 0 Å². The van der Waals surface area contributed by atoms with Gasteiger partial charge < -0.3 is 14.2 Å². The van der Waals surface area contributed by atoms with Gasteiger partial charge in [0.15, 0.2) is 0 Å². The number of carbonyl (C=O) groups is 1. The van der Waals surface area contributed by atoms with Crippen molar-refractivity contribution < 1.29 is 9.53 Å². The van der Waals surface area contributed by atoms with E-state index in [0.29, 0.717) is 32.7 Å². The molecular formula is C19H24N4O3. The molecule has 0 radical (unpaired) electrons. The van der Waals surface area contributed by atoms with Crippen LogP contribution >= 0.6 is 0 Å². The molecule has 0 aliphatic carbocycles. The minimum atomic E-state index is -0.0862. The van der Waals surface area contributed by atoms with E-state index in [2.05, 4.69) is 9.97 Å². The molecule has 2 aromatic rings. The van der Waals surface area contributed by atoms with E-state index in [1.54, 1.807) is 35.3 Å². The van der Waals surface area contributed by atoms with Gasteiger partial charge in [0.2, 0.25) is 5.91 Å². The van der Waals surface area contributed by atoms with Crippen LogP contribution in [0.25, 0.3) is 0 Å². The lowest BCUT2D eigenvalue weighted by Gasteiger charge is -2.36. The molecule has 0 N–H and O–H groups in total. The highest BCUT2D eigenvalue weighted by molar-refractivity contribution is 5.76. The van der Waals surface area contributed by atoms with Crippen molar-refractivity contribution in [2.45, 2.75) is 38.8 Å². The molecule has 0 saturated carbocycles. The Morgan fingerprint density at radius 1 is 1.31 bits per heavy atom. The maximum Gasteiger partial charge on any atom is 0.250 e. The lowest BCUT2D eigenvalue weighted by molar-refractivity contribution is -0.140. The van der Waals surface area contributed by atoms with E-state index in [0.717, 1.165) is 24.2 Å². The highest BCUT2D eigenvalue weighted by atomic mass is 16.5. The summed E-state index contributed by atoms with van der Waals surface area (Å²) in [5.41, 5.74) is 1.80. The lowest BCUT2D eigenvalue weighted by atomic mass is 10.1. The summed E-state index contributed by atoms with van der Waals surface area (Å²) < 4.78 is 7.14. The maximum absolute atomic E-state index is 12.7. The van der Waals surface area contributed by atoms with Gasteiger partial charge in [-0.1, -0.05) is 6.07 Å². The van der Waals surface area contributed by atoms with Crippen molar-refractivity contribution in [3.8, 4) is 0 Å². The van der Waals surface area contributed by atoms with E-state index in [1.807, 2.05) is 11.8 Å². The van der Waals surface area contributed by atoms with Crippen LogP contribution < -0.4 is 5.56 Å². The van der Waals surface area contributed by atoms with E-state index in [-0.39, 0.29) is 17.5 Å². The summed E-state index contributed by atoms with van der Waals surface area (Å²) >= 11 is 0. The average Bonchev–Trinajstić information content (AvgIpc) is 2.67. The van der Waals surface area contributed by atoms with Gasteiger partial charge in [0.05, 0.1) is 30.6 Å². The van der Waals surface area contributed by atoms with Gasteiger partial charge in [0.25, 0.3) is 5.56 Å². The summed E-state index contributed by atoms with van der Waals surface area (Å²) in [4.78, 5) is 35.0. The third kappa shape index (κ3) is 4.54. The van der Waals surface area contributed by atoms with Crippen molar-refractivity contribution in [1.29, 1.82) is 0 Å². The van der Waals surface area contributed by atoms with E-state index < -0.39 is 0 Å². The number of amides is 1. The number of hydrogen-bond acceptors (Lipinski definition) is 5. The average molecular weight is 356 g/mol. The van der Waals surface area contributed by atoms with Crippen molar-refractivity contribution in [1.82, 2.24) is 19.4 Å².